The van der Waals surface area contributed by atoms with Gasteiger partial charge in [-0.15, -0.1) is 0 Å². The zero-order valence-electron chi connectivity index (χ0n) is 17.6. The van der Waals surface area contributed by atoms with Gasteiger partial charge >= 0.3 is 5.97 Å². The molecular weight excluding hydrogens is 408 g/mol. The summed E-state index contributed by atoms with van der Waals surface area (Å²) in [5.74, 6) is -0.173. The van der Waals surface area contributed by atoms with Gasteiger partial charge in [-0.2, -0.15) is 5.26 Å². The van der Waals surface area contributed by atoms with Gasteiger partial charge in [0.15, 0.2) is 5.96 Å². The molecule has 0 radical (unpaired) electrons. The van der Waals surface area contributed by atoms with Crippen molar-refractivity contribution in [3.05, 3.63) is 36.3 Å². The number of aromatic nitrogens is 2. The van der Waals surface area contributed by atoms with Crippen molar-refractivity contribution < 1.29 is 9.63 Å². The molecule has 6 N–H and O–H groups in total. The largest absolute Gasteiger partial charge is 0.371 e. The Bertz CT molecular complexity index is 1170. The molecule has 32 heavy (non-hydrogen) atoms. The normalized spacial score (nSPS) is 30.2. The fourth-order valence-electron chi connectivity index (χ4n) is 5.55. The molecule has 3 unspecified atom stereocenters. The number of guanidine groups is 1. The van der Waals surface area contributed by atoms with Crippen LogP contribution in [0.3, 0.4) is 0 Å². The van der Waals surface area contributed by atoms with E-state index in [0.29, 0.717) is 47.1 Å². The van der Waals surface area contributed by atoms with E-state index in [1.807, 2.05) is 6.07 Å². The summed E-state index contributed by atoms with van der Waals surface area (Å²) in [5.41, 5.74) is 15.8. The molecule has 10 heteroatoms. The molecule has 2 bridgehead atoms. The van der Waals surface area contributed by atoms with E-state index >= 15 is 0 Å². The number of carbonyl (C=O) groups is 1. The highest BCUT2D eigenvalue weighted by Gasteiger charge is 2.65. The van der Waals surface area contributed by atoms with E-state index in [1.165, 1.54) is 0 Å². The van der Waals surface area contributed by atoms with Crippen LogP contribution in [0, 0.1) is 22.7 Å². The smallest absolute Gasteiger partial charge is 0.353 e. The first-order valence-corrected chi connectivity index (χ1v) is 10.6. The lowest BCUT2D eigenvalue weighted by Gasteiger charge is -2.40. The number of rotatable bonds is 3. The van der Waals surface area contributed by atoms with Crippen LogP contribution >= 0.6 is 0 Å². The predicted molar refractivity (Wildman–Crippen MR) is 118 cm³/mol. The predicted octanol–water partition coefficient (Wildman–Crippen LogP) is 2.01. The third-order valence-electron chi connectivity index (χ3n) is 6.91. The number of nitrogens with one attached hydrogen (secondary N) is 2. The first kappa shape index (κ1) is 20.1. The quantitative estimate of drug-likeness (QED) is 0.419. The Balaban J connectivity index is 1.74. The molecule has 3 aliphatic rings. The Kier molecular flexibility index (Phi) is 4.44. The van der Waals surface area contributed by atoms with Crippen LogP contribution in [0.4, 0.5) is 11.4 Å². The maximum atomic E-state index is 12.1. The van der Waals surface area contributed by atoms with Gasteiger partial charge in [0.25, 0.3) is 0 Å². The summed E-state index contributed by atoms with van der Waals surface area (Å²) >= 11 is 0. The molecule has 2 saturated carbocycles. The van der Waals surface area contributed by atoms with E-state index in [2.05, 4.69) is 26.8 Å². The van der Waals surface area contributed by atoms with E-state index in [4.69, 9.17) is 21.3 Å². The van der Waals surface area contributed by atoms with Gasteiger partial charge in [0.05, 0.1) is 22.9 Å². The molecule has 0 amide bonds. The number of nitrogens with zero attached hydrogens (tertiary/aromatic N) is 4. The highest BCUT2D eigenvalue weighted by atomic mass is 16.7. The van der Waals surface area contributed by atoms with Gasteiger partial charge in [-0.1, -0.05) is 0 Å². The maximum absolute atomic E-state index is 12.1. The standard InChI is InChI=1S/C22H24N8O2/c1-12-19(31)32-30-17-15(28-12)5-8-26-16(17)14-3-2-7-27-18(14)22(29-20(24)25)10-13-4-6-21(22,9-13)11-23/h2-3,5,7-8,12-13,28,30H,4,6,9-10H2,1H3,(H4,24,25,29)/t12-,13?,21?,22?/m0/s1. The van der Waals surface area contributed by atoms with Crippen LogP contribution in [0.1, 0.15) is 38.3 Å². The third-order valence-corrected chi connectivity index (χ3v) is 6.91. The van der Waals surface area contributed by atoms with E-state index in [1.54, 1.807) is 31.5 Å². The lowest BCUT2D eigenvalue weighted by atomic mass is 9.67. The van der Waals surface area contributed by atoms with Gasteiger partial charge in [-0.05, 0) is 56.7 Å². The summed E-state index contributed by atoms with van der Waals surface area (Å²) in [6.45, 7) is 1.72. The minimum Gasteiger partial charge on any atom is -0.371 e. The number of fused-ring (bicyclic) bond motifs is 3. The summed E-state index contributed by atoms with van der Waals surface area (Å²) in [5, 5.41) is 13.4. The van der Waals surface area contributed by atoms with Gasteiger partial charge in [0.1, 0.15) is 23.0 Å². The highest BCUT2D eigenvalue weighted by Crippen LogP contribution is 2.66. The second-order valence-electron chi connectivity index (χ2n) is 8.77. The number of pyridine rings is 2. The van der Waals surface area contributed by atoms with Gasteiger partial charge in [0.2, 0.25) is 0 Å². The van der Waals surface area contributed by atoms with E-state index in [9.17, 15) is 10.1 Å². The topological polar surface area (TPSA) is 164 Å². The van der Waals surface area contributed by atoms with Crippen LogP contribution in [-0.2, 0) is 15.2 Å². The summed E-state index contributed by atoms with van der Waals surface area (Å²) in [7, 11) is 0. The molecule has 2 aromatic rings. The van der Waals surface area contributed by atoms with Crippen molar-refractivity contribution in [1.29, 1.82) is 5.26 Å². The Labute approximate surface area is 185 Å². The van der Waals surface area contributed by atoms with Crippen LogP contribution < -0.4 is 22.3 Å². The van der Waals surface area contributed by atoms with E-state index < -0.39 is 23.0 Å². The number of nitriles is 1. The van der Waals surface area contributed by atoms with Crippen molar-refractivity contribution in [2.45, 2.75) is 44.2 Å². The zero-order chi connectivity index (χ0) is 22.5. The fourth-order valence-corrected chi connectivity index (χ4v) is 5.55. The molecule has 2 fully saturated rings. The first-order valence-electron chi connectivity index (χ1n) is 10.6. The second-order valence-corrected chi connectivity index (χ2v) is 8.77. The minimum absolute atomic E-state index is 0.0776. The molecule has 2 aliphatic carbocycles. The van der Waals surface area contributed by atoms with Crippen LogP contribution in [0.25, 0.3) is 11.3 Å². The Hall–Kier alpha value is -3.87. The minimum atomic E-state index is -0.980. The van der Waals surface area contributed by atoms with Gasteiger partial charge in [-0.25, -0.2) is 15.3 Å². The van der Waals surface area contributed by atoms with Crippen molar-refractivity contribution in [2.75, 3.05) is 10.8 Å². The van der Waals surface area contributed by atoms with Crippen molar-refractivity contribution >= 4 is 23.3 Å². The molecule has 0 spiro atoms. The fraction of sp³-hybridized carbons (Fsp3) is 0.409. The number of carbonyl (C=O) groups excluding carboxylic acids is 1. The molecule has 0 aromatic carbocycles. The van der Waals surface area contributed by atoms with Crippen molar-refractivity contribution in [1.82, 2.24) is 9.97 Å². The summed E-state index contributed by atoms with van der Waals surface area (Å²) < 4.78 is 0. The Morgan fingerprint density at radius 3 is 2.91 bits per heavy atom. The average Bonchev–Trinajstić information content (AvgIpc) is 3.29. The number of aliphatic imine (C=N–C) groups is 1. The third kappa shape index (κ3) is 2.77. The zero-order valence-corrected chi connectivity index (χ0v) is 17.6. The van der Waals surface area contributed by atoms with Crippen molar-refractivity contribution in [3.63, 3.8) is 0 Å². The SMILES string of the molecule is C[C@@H]1Nc2ccnc(-c3cccnc3C3(N=C(N)N)CC4CCC3(C#N)C4)c2NOC1=O. The molecule has 3 heterocycles. The van der Waals surface area contributed by atoms with Gasteiger partial charge < -0.3 is 21.6 Å². The lowest BCUT2D eigenvalue weighted by molar-refractivity contribution is -0.140. The lowest BCUT2D eigenvalue weighted by Crippen LogP contribution is -2.44. The van der Waals surface area contributed by atoms with Crippen molar-refractivity contribution in [2.24, 2.45) is 27.8 Å². The van der Waals surface area contributed by atoms with Crippen LogP contribution in [0.2, 0.25) is 0 Å². The Morgan fingerprint density at radius 1 is 1.31 bits per heavy atom. The van der Waals surface area contributed by atoms with Crippen LogP contribution in [0.15, 0.2) is 35.6 Å². The molecule has 164 valence electrons. The number of nitrogens with two attached hydrogens (primary N) is 2. The molecule has 0 saturated heterocycles. The van der Waals surface area contributed by atoms with E-state index in [0.717, 1.165) is 12.8 Å². The van der Waals surface area contributed by atoms with Gasteiger partial charge in [-0.3, -0.25) is 9.97 Å². The maximum Gasteiger partial charge on any atom is 0.353 e. The molecule has 2 aromatic heterocycles. The van der Waals surface area contributed by atoms with Crippen LogP contribution in [-0.4, -0.2) is 27.9 Å². The summed E-state index contributed by atoms with van der Waals surface area (Å²) in [4.78, 5) is 31.3. The number of anilines is 2. The Morgan fingerprint density at radius 2 is 2.16 bits per heavy atom. The number of hydrogen-bond acceptors (Lipinski definition) is 8. The van der Waals surface area contributed by atoms with E-state index in [-0.39, 0.29) is 5.96 Å². The average molecular weight is 432 g/mol. The molecule has 4 atom stereocenters. The van der Waals surface area contributed by atoms with Crippen molar-refractivity contribution in [3.8, 4) is 17.3 Å². The van der Waals surface area contributed by atoms with Gasteiger partial charge in [0, 0.05) is 18.0 Å². The molecule has 10 nitrogen and oxygen atoms in total. The second kappa shape index (κ2) is 7.09. The molecule has 5 rings (SSSR count). The molecular formula is C22H24N8O2. The highest BCUT2D eigenvalue weighted by molar-refractivity contribution is 5.91. The van der Waals surface area contributed by atoms with Crippen LogP contribution in [0.5, 0.6) is 0 Å². The monoisotopic (exact) mass is 432 g/mol. The summed E-state index contributed by atoms with van der Waals surface area (Å²) in [6, 6.07) is 7.46. The molecule has 1 aliphatic heterocycles. The number of hydrogen-bond donors (Lipinski definition) is 4. The first-order chi connectivity index (χ1) is 15.4. The summed E-state index contributed by atoms with van der Waals surface area (Å²) in [6.07, 6.45) is 6.36.